The van der Waals surface area contributed by atoms with E-state index in [-0.39, 0.29) is 6.10 Å². The third kappa shape index (κ3) is 2.91. The fourth-order valence-corrected chi connectivity index (χ4v) is 3.37. The van der Waals surface area contributed by atoms with Gasteiger partial charge in [-0.15, -0.1) is 11.3 Å². The summed E-state index contributed by atoms with van der Waals surface area (Å²) in [5.41, 5.74) is 2.20. The lowest BCUT2D eigenvalue weighted by Crippen LogP contribution is -2.21. The van der Waals surface area contributed by atoms with Crippen molar-refractivity contribution in [1.82, 2.24) is 10.3 Å². The zero-order chi connectivity index (χ0) is 13.8. The van der Waals surface area contributed by atoms with E-state index >= 15 is 0 Å². The summed E-state index contributed by atoms with van der Waals surface area (Å²) in [6, 6.07) is 10.3. The lowest BCUT2D eigenvalue weighted by Gasteiger charge is -2.20. The molecule has 2 aromatic rings. The Kier molecular flexibility index (Phi) is 4.42. The van der Waals surface area contributed by atoms with E-state index in [1.807, 2.05) is 25.2 Å². The van der Waals surface area contributed by atoms with Crippen LogP contribution in [0.3, 0.4) is 0 Å². The highest BCUT2D eigenvalue weighted by molar-refractivity contribution is 7.12. The van der Waals surface area contributed by atoms with E-state index in [9.17, 15) is 0 Å². The first-order chi connectivity index (χ1) is 9.88. The van der Waals surface area contributed by atoms with Crippen LogP contribution in [0.4, 0.5) is 0 Å². The number of ether oxygens (including phenoxy) is 2. The van der Waals surface area contributed by atoms with Gasteiger partial charge in [-0.05, 0) is 7.05 Å². The van der Waals surface area contributed by atoms with Crippen LogP contribution >= 0.6 is 11.3 Å². The van der Waals surface area contributed by atoms with Crippen LogP contribution < -0.4 is 5.32 Å². The molecule has 2 heterocycles. The van der Waals surface area contributed by atoms with E-state index in [0.29, 0.717) is 19.8 Å². The zero-order valence-corrected chi connectivity index (χ0v) is 12.3. The number of thiazole rings is 1. The van der Waals surface area contributed by atoms with Crippen molar-refractivity contribution < 1.29 is 9.47 Å². The Balaban J connectivity index is 1.93. The van der Waals surface area contributed by atoms with Crippen LogP contribution in [0.15, 0.2) is 30.3 Å². The number of benzene rings is 1. The van der Waals surface area contributed by atoms with Gasteiger partial charge >= 0.3 is 0 Å². The second-order valence-corrected chi connectivity index (χ2v) is 5.77. The summed E-state index contributed by atoms with van der Waals surface area (Å²) in [5.74, 6) is 0. The van der Waals surface area contributed by atoms with E-state index in [4.69, 9.17) is 14.5 Å². The standard InChI is InChI=1S/C15H18N2O2S/c1-16-9-13-14(11-5-3-2-4-6-11)17-15(20-13)12-10-18-7-8-19-12/h2-6,12,16H,7-10H2,1H3. The summed E-state index contributed by atoms with van der Waals surface area (Å²) in [7, 11) is 1.95. The SMILES string of the molecule is CNCc1sc(C2COCCO2)nc1-c1ccccc1. The third-order valence-electron chi connectivity index (χ3n) is 3.19. The van der Waals surface area contributed by atoms with Crippen molar-refractivity contribution in [3.63, 3.8) is 0 Å². The topological polar surface area (TPSA) is 43.4 Å². The van der Waals surface area contributed by atoms with E-state index < -0.39 is 0 Å². The molecule has 0 bridgehead atoms. The minimum atomic E-state index is -0.0261. The molecule has 1 aromatic carbocycles. The number of nitrogens with zero attached hydrogens (tertiary/aromatic N) is 1. The number of nitrogens with one attached hydrogen (secondary N) is 1. The number of hydrogen-bond donors (Lipinski definition) is 1. The van der Waals surface area contributed by atoms with E-state index in [0.717, 1.165) is 22.8 Å². The number of rotatable bonds is 4. The van der Waals surface area contributed by atoms with Crippen LogP contribution in [-0.4, -0.2) is 31.9 Å². The van der Waals surface area contributed by atoms with Crippen molar-refractivity contribution in [2.24, 2.45) is 0 Å². The largest absolute Gasteiger partial charge is 0.376 e. The smallest absolute Gasteiger partial charge is 0.132 e. The van der Waals surface area contributed by atoms with Crippen LogP contribution in [0.2, 0.25) is 0 Å². The molecule has 1 aliphatic rings. The minimum Gasteiger partial charge on any atom is -0.376 e. The van der Waals surface area contributed by atoms with Crippen LogP contribution in [-0.2, 0) is 16.0 Å². The molecule has 0 saturated carbocycles. The van der Waals surface area contributed by atoms with Gasteiger partial charge in [0.15, 0.2) is 0 Å². The van der Waals surface area contributed by atoms with Crippen LogP contribution in [0.25, 0.3) is 11.3 Å². The molecule has 1 unspecified atom stereocenters. The molecule has 1 aliphatic heterocycles. The summed E-state index contributed by atoms with van der Waals surface area (Å²) in [5, 5.41) is 4.22. The van der Waals surface area contributed by atoms with Gasteiger partial charge in [-0.3, -0.25) is 0 Å². The minimum absolute atomic E-state index is 0.0261. The fourth-order valence-electron chi connectivity index (χ4n) is 2.24. The van der Waals surface area contributed by atoms with Crippen LogP contribution in [0.1, 0.15) is 16.0 Å². The Labute approximate surface area is 122 Å². The zero-order valence-electron chi connectivity index (χ0n) is 11.5. The summed E-state index contributed by atoms with van der Waals surface area (Å²) < 4.78 is 11.2. The van der Waals surface area contributed by atoms with Gasteiger partial charge in [0.05, 0.1) is 25.5 Å². The monoisotopic (exact) mass is 290 g/mol. The first-order valence-corrected chi connectivity index (χ1v) is 7.59. The molecule has 5 heteroatoms. The molecule has 0 spiro atoms. The van der Waals surface area contributed by atoms with Gasteiger partial charge in [0.25, 0.3) is 0 Å². The quantitative estimate of drug-likeness (QED) is 0.940. The predicted molar refractivity (Wildman–Crippen MR) is 79.8 cm³/mol. The van der Waals surface area contributed by atoms with Gasteiger partial charge in [0.1, 0.15) is 11.1 Å². The average Bonchev–Trinajstić information content (AvgIpc) is 2.94. The lowest BCUT2D eigenvalue weighted by molar-refractivity contribution is -0.0901. The Morgan fingerprint density at radius 2 is 2.15 bits per heavy atom. The number of aromatic nitrogens is 1. The molecule has 1 atom stereocenters. The van der Waals surface area contributed by atoms with Gasteiger partial charge in [-0.2, -0.15) is 0 Å². The summed E-state index contributed by atoms with van der Waals surface area (Å²) in [6.45, 7) is 2.74. The molecular formula is C15H18N2O2S. The highest BCUT2D eigenvalue weighted by Gasteiger charge is 2.22. The molecule has 1 aromatic heterocycles. The normalized spacial score (nSPS) is 19.1. The summed E-state index contributed by atoms with van der Waals surface area (Å²) in [6.07, 6.45) is -0.0261. The van der Waals surface area contributed by atoms with Crippen molar-refractivity contribution in [2.45, 2.75) is 12.6 Å². The second-order valence-electron chi connectivity index (χ2n) is 4.65. The van der Waals surface area contributed by atoms with Gasteiger partial charge in [-0.1, -0.05) is 30.3 Å². The van der Waals surface area contributed by atoms with Gasteiger partial charge in [0.2, 0.25) is 0 Å². The van der Waals surface area contributed by atoms with Crippen molar-refractivity contribution in [1.29, 1.82) is 0 Å². The van der Waals surface area contributed by atoms with Crippen molar-refractivity contribution >= 4 is 11.3 Å². The second kappa shape index (κ2) is 6.45. The maximum Gasteiger partial charge on any atom is 0.132 e. The Morgan fingerprint density at radius 1 is 1.30 bits per heavy atom. The first-order valence-electron chi connectivity index (χ1n) is 6.77. The molecule has 106 valence electrons. The molecule has 0 radical (unpaired) electrons. The third-order valence-corrected chi connectivity index (χ3v) is 4.34. The summed E-state index contributed by atoms with van der Waals surface area (Å²) >= 11 is 1.71. The number of hydrogen-bond acceptors (Lipinski definition) is 5. The molecular weight excluding hydrogens is 272 g/mol. The average molecular weight is 290 g/mol. The molecule has 1 N–H and O–H groups in total. The Bertz CT molecular complexity index is 550. The van der Waals surface area contributed by atoms with E-state index in [1.54, 1.807) is 11.3 Å². The Hall–Kier alpha value is -1.27. The lowest BCUT2D eigenvalue weighted by atomic mass is 10.1. The van der Waals surface area contributed by atoms with Gasteiger partial charge in [0, 0.05) is 17.0 Å². The molecule has 20 heavy (non-hydrogen) atoms. The predicted octanol–water partition coefficient (Wildman–Crippen LogP) is 2.62. The van der Waals surface area contributed by atoms with Gasteiger partial charge in [-0.25, -0.2) is 4.98 Å². The maximum absolute atomic E-state index is 5.75. The van der Waals surface area contributed by atoms with Gasteiger partial charge < -0.3 is 14.8 Å². The van der Waals surface area contributed by atoms with Crippen LogP contribution in [0, 0.1) is 0 Å². The molecule has 1 saturated heterocycles. The van der Waals surface area contributed by atoms with Crippen LogP contribution in [0.5, 0.6) is 0 Å². The van der Waals surface area contributed by atoms with Crippen molar-refractivity contribution in [3.8, 4) is 11.3 Å². The highest BCUT2D eigenvalue weighted by atomic mass is 32.1. The van der Waals surface area contributed by atoms with Crippen molar-refractivity contribution in [3.05, 3.63) is 40.2 Å². The van der Waals surface area contributed by atoms with E-state index in [1.165, 1.54) is 4.88 Å². The molecule has 1 fully saturated rings. The molecule has 3 rings (SSSR count). The first kappa shape index (κ1) is 13.7. The van der Waals surface area contributed by atoms with Crippen molar-refractivity contribution in [2.75, 3.05) is 26.9 Å². The fraction of sp³-hybridized carbons (Fsp3) is 0.400. The molecule has 4 nitrogen and oxygen atoms in total. The Morgan fingerprint density at radius 3 is 2.85 bits per heavy atom. The summed E-state index contributed by atoms with van der Waals surface area (Å²) in [4.78, 5) is 6.04. The highest BCUT2D eigenvalue weighted by Crippen LogP contribution is 2.33. The maximum atomic E-state index is 5.75. The van der Waals surface area contributed by atoms with E-state index in [2.05, 4.69) is 17.4 Å². The molecule has 0 aliphatic carbocycles. The molecule has 0 amide bonds.